The second-order valence-corrected chi connectivity index (χ2v) is 6.64. The van der Waals surface area contributed by atoms with Gasteiger partial charge in [-0.2, -0.15) is 0 Å². The number of ether oxygens (including phenoxy) is 1. The van der Waals surface area contributed by atoms with Crippen molar-refractivity contribution in [1.29, 1.82) is 0 Å². The van der Waals surface area contributed by atoms with Crippen LogP contribution in [0.3, 0.4) is 0 Å². The van der Waals surface area contributed by atoms with Gasteiger partial charge in [0.25, 0.3) is 11.8 Å². The third-order valence-electron chi connectivity index (χ3n) is 5.19. The number of benzene rings is 2. The molecule has 0 aromatic heterocycles. The lowest BCUT2D eigenvalue weighted by Crippen LogP contribution is -3.19. The van der Waals surface area contributed by atoms with Crippen LogP contribution >= 0.6 is 0 Å². The molecular formula is C20H21N2O3+. The van der Waals surface area contributed by atoms with Crippen LogP contribution in [0, 0.1) is 0 Å². The molecule has 2 aliphatic rings. The van der Waals surface area contributed by atoms with Gasteiger partial charge in [-0.1, -0.05) is 42.5 Å². The van der Waals surface area contributed by atoms with Gasteiger partial charge in [-0.15, -0.1) is 0 Å². The van der Waals surface area contributed by atoms with Crippen molar-refractivity contribution in [3.63, 3.8) is 0 Å². The monoisotopic (exact) mass is 337 g/mol. The highest BCUT2D eigenvalue weighted by Crippen LogP contribution is 2.23. The minimum absolute atomic E-state index is 0.0277. The molecule has 1 fully saturated rings. The molecule has 25 heavy (non-hydrogen) atoms. The van der Waals surface area contributed by atoms with Crippen molar-refractivity contribution in [2.45, 2.75) is 19.1 Å². The van der Waals surface area contributed by atoms with Crippen LogP contribution in [0.15, 0.2) is 54.6 Å². The second-order valence-electron chi connectivity index (χ2n) is 6.64. The predicted octanol–water partition coefficient (Wildman–Crippen LogP) is 1.29. The lowest BCUT2D eigenvalue weighted by Gasteiger charge is -2.37. The molecule has 2 heterocycles. The number of amides is 2. The molecule has 1 unspecified atom stereocenters. The van der Waals surface area contributed by atoms with Crippen LogP contribution in [-0.2, 0) is 4.74 Å². The van der Waals surface area contributed by atoms with Gasteiger partial charge in [0.05, 0.1) is 17.7 Å². The van der Waals surface area contributed by atoms with Crippen molar-refractivity contribution in [3.8, 4) is 0 Å². The number of nitrogens with one attached hydrogen (secondary N) is 1. The topological polar surface area (TPSA) is 51.1 Å². The first-order valence-corrected chi connectivity index (χ1v) is 8.63. The quantitative estimate of drug-likeness (QED) is 0.859. The Bertz CT molecular complexity index is 771. The summed E-state index contributed by atoms with van der Waals surface area (Å²) in [4.78, 5) is 27.8. The zero-order valence-electron chi connectivity index (χ0n) is 14.1. The molecule has 5 nitrogen and oxygen atoms in total. The smallest absolute Gasteiger partial charge is 0.265 e. The van der Waals surface area contributed by atoms with E-state index in [2.05, 4.69) is 19.1 Å². The minimum Gasteiger partial charge on any atom is -0.361 e. The van der Waals surface area contributed by atoms with Gasteiger partial charge in [0.1, 0.15) is 18.7 Å². The Kier molecular flexibility index (Phi) is 4.11. The van der Waals surface area contributed by atoms with Crippen LogP contribution in [0.1, 0.15) is 39.3 Å². The van der Waals surface area contributed by atoms with Gasteiger partial charge < -0.3 is 9.64 Å². The summed E-state index contributed by atoms with van der Waals surface area (Å²) < 4.78 is 5.98. The second kappa shape index (κ2) is 6.43. The average Bonchev–Trinajstić information content (AvgIpc) is 2.89. The number of fused-ring (bicyclic) bond motifs is 1. The maximum atomic E-state index is 12.6. The molecule has 0 spiro atoms. The van der Waals surface area contributed by atoms with Crippen molar-refractivity contribution in [3.05, 3.63) is 71.3 Å². The number of rotatable bonds is 3. The summed E-state index contributed by atoms with van der Waals surface area (Å²) in [6.07, 6.45) is -0.0277. The fourth-order valence-electron chi connectivity index (χ4n) is 3.74. The predicted molar refractivity (Wildman–Crippen MR) is 92.2 cm³/mol. The number of quaternary nitrogens is 1. The summed E-state index contributed by atoms with van der Waals surface area (Å²) in [5.74, 6) is -0.383. The number of hydrogen-bond acceptors (Lipinski definition) is 3. The third kappa shape index (κ3) is 2.75. The van der Waals surface area contributed by atoms with E-state index in [0.717, 1.165) is 12.1 Å². The number of hydrogen-bond donors (Lipinski definition) is 1. The largest absolute Gasteiger partial charge is 0.361 e. The molecule has 2 aliphatic heterocycles. The van der Waals surface area contributed by atoms with E-state index < -0.39 is 0 Å². The lowest BCUT2D eigenvalue weighted by molar-refractivity contribution is -0.943. The highest BCUT2D eigenvalue weighted by molar-refractivity contribution is 6.21. The van der Waals surface area contributed by atoms with Crippen LogP contribution in [0.4, 0.5) is 0 Å². The first-order valence-electron chi connectivity index (χ1n) is 8.63. The highest BCUT2D eigenvalue weighted by atomic mass is 16.5. The highest BCUT2D eigenvalue weighted by Gasteiger charge is 2.41. The molecule has 3 atom stereocenters. The Balaban J connectivity index is 1.53. The minimum atomic E-state index is -0.192. The molecule has 0 radical (unpaired) electrons. The summed E-state index contributed by atoms with van der Waals surface area (Å²) in [7, 11) is 0. The van der Waals surface area contributed by atoms with Crippen molar-refractivity contribution in [2.75, 3.05) is 19.8 Å². The number of carbonyl (C=O) groups is 2. The Labute approximate surface area is 146 Å². The fraction of sp³-hybridized carbons (Fsp3) is 0.300. The molecule has 1 saturated heterocycles. The maximum Gasteiger partial charge on any atom is 0.265 e. The fourth-order valence-corrected chi connectivity index (χ4v) is 3.74. The zero-order chi connectivity index (χ0) is 17.4. The van der Waals surface area contributed by atoms with Gasteiger partial charge in [-0.3, -0.25) is 9.59 Å². The van der Waals surface area contributed by atoms with Gasteiger partial charge in [0.15, 0.2) is 6.67 Å². The van der Waals surface area contributed by atoms with E-state index in [0.29, 0.717) is 24.4 Å². The summed E-state index contributed by atoms with van der Waals surface area (Å²) in [6, 6.07) is 17.3. The van der Waals surface area contributed by atoms with Crippen LogP contribution in [0.5, 0.6) is 0 Å². The molecule has 1 N–H and O–H groups in total. The first-order chi connectivity index (χ1) is 12.2. The number of carbonyl (C=O) groups excluding carboxylic acids is 2. The average molecular weight is 337 g/mol. The van der Waals surface area contributed by atoms with Gasteiger partial charge in [0, 0.05) is 0 Å². The van der Waals surface area contributed by atoms with E-state index in [9.17, 15) is 9.59 Å². The first kappa shape index (κ1) is 16.0. The van der Waals surface area contributed by atoms with Crippen molar-refractivity contribution in [2.24, 2.45) is 0 Å². The van der Waals surface area contributed by atoms with Gasteiger partial charge in [-0.25, -0.2) is 4.90 Å². The van der Waals surface area contributed by atoms with Crippen LogP contribution in [0.2, 0.25) is 0 Å². The number of nitrogens with zero attached hydrogens (tertiary/aromatic N) is 1. The maximum absolute atomic E-state index is 12.6. The van der Waals surface area contributed by atoms with Crippen LogP contribution in [0.25, 0.3) is 0 Å². The Hall–Kier alpha value is -2.50. The van der Waals surface area contributed by atoms with E-state index in [4.69, 9.17) is 4.74 Å². The van der Waals surface area contributed by atoms with E-state index >= 15 is 0 Å². The molecule has 4 rings (SSSR count). The zero-order valence-corrected chi connectivity index (χ0v) is 14.1. The standard InChI is InChI=1S/C20H20N2O3/c1-14-18(15-7-3-2-4-8-15)25-12-11-21(14)13-22-19(23)16-9-5-6-10-17(16)20(22)24/h2-10,14,18H,11-13H2,1H3/p+1/t14-,18-/m1/s1. The van der Waals surface area contributed by atoms with E-state index in [-0.39, 0.29) is 24.0 Å². The van der Waals surface area contributed by atoms with Gasteiger partial charge >= 0.3 is 0 Å². The van der Waals surface area contributed by atoms with Gasteiger partial charge in [0.2, 0.25) is 0 Å². The molecule has 2 aromatic carbocycles. The van der Waals surface area contributed by atoms with Crippen LogP contribution < -0.4 is 4.90 Å². The Morgan fingerprint density at radius 3 is 2.24 bits per heavy atom. The molecule has 2 aromatic rings. The van der Waals surface area contributed by atoms with E-state index in [1.807, 2.05) is 18.2 Å². The molecule has 2 amide bonds. The Morgan fingerprint density at radius 2 is 1.60 bits per heavy atom. The number of imide groups is 1. The summed E-state index contributed by atoms with van der Waals surface area (Å²) >= 11 is 0. The SMILES string of the molecule is C[C@@H]1[C@H](c2ccccc2)OCC[NH+]1CN1C(=O)c2ccccc2C1=O. The number of morpholine rings is 1. The van der Waals surface area contributed by atoms with E-state index in [1.165, 1.54) is 9.80 Å². The molecule has 0 saturated carbocycles. The Morgan fingerprint density at radius 1 is 1.00 bits per heavy atom. The van der Waals surface area contributed by atoms with Crippen molar-refractivity contribution >= 4 is 11.8 Å². The summed E-state index contributed by atoms with van der Waals surface area (Å²) in [5.41, 5.74) is 2.15. The third-order valence-corrected chi connectivity index (χ3v) is 5.19. The molecule has 128 valence electrons. The van der Waals surface area contributed by atoms with Crippen molar-refractivity contribution in [1.82, 2.24) is 4.90 Å². The normalized spacial score (nSPS) is 26.0. The lowest BCUT2D eigenvalue weighted by atomic mass is 10.0. The summed E-state index contributed by atoms with van der Waals surface area (Å²) in [6.45, 7) is 3.88. The molecule has 5 heteroatoms. The molecule has 0 bridgehead atoms. The van der Waals surface area contributed by atoms with E-state index in [1.54, 1.807) is 24.3 Å². The summed E-state index contributed by atoms with van der Waals surface area (Å²) in [5, 5.41) is 0. The molecular weight excluding hydrogens is 316 g/mol. The van der Waals surface area contributed by atoms with Gasteiger partial charge in [-0.05, 0) is 24.6 Å². The van der Waals surface area contributed by atoms with Crippen molar-refractivity contribution < 1.29 is 19.2 Å². The van der Waals surface area contributed by atoms with Crippen LogP contribution in [-0.4, -0.2) is 42.6 Å². The molecule has 0 aliphatic carbocycles.